The van der Waals surface area contributed by atoms with Crippen molar-refractivity contribution in [2.24, 2.45) is 0 Å². The fourth-order valence-corrected chi connectivity index (χ4v) is 5.09. The van der Waals surface area contributed by atoms with E-state index in [1.807, 2.05) is 12.1 Å². The Morgan fingerprint density at radius 2 is 1.96 bits per heavy atom. The number of nitrogens with zero attached hydrogens (tertiary/aromatic N) is 2. The first kappa shape index (κ1) is 17.6. The first-order valence-corrected chi connectivity index (χ1v) is 9.94. The standard InChI is InChI=1S/C22H18BrFN2O2/c1-26-19-11-25-18-8-17(24)16(23)7-15(18)20(19)22(21(26)27)9-13(10-22)12-3-5-14(28-2)6-4-12/h3-8,11,13H,9-10H2,1-2H3. The van der Waals surface area contributed by atoms with Gasteiger partial charge in [0.1, 0.15) is 11.6 Å². The van der Waals surface area contributed by atoms with Crippen molar-refractivity contribution in [3.05, 3.63) is 64.0 Å². The van der Waals surface area contributed by atoms with Gasteiger partial charge in [-0.1, -0.05) is 12.1 Å². The molecule has 0 radical (unpaired) electrons. The molecule has 1 aliphatic heterocycles. The number of amides is 1. The molecular formula is C22H18BrFN2O2. The average molecular weight is 441 g/mol. The van der Waals surface area contributed by atoms with Crippen molar-refractivity contribution in [2.75, 3.05) is 19.1 Å². The summed E-state index contributed by atoms with van der Waals surface area (Å²) in [4.78, 5) is 19.3. The first-order chi connectivity index (χ1) is 13.4. The summed E-state index contributed by atoms with van der Waals surface area (Å²) in [5.41, 5.74) is 3.03. The Morgan fingerprint density at radius 1 is 1.25 bits per heavy atom. The van der Waals surface area contributed by atoms with Crippen LogP contribution < -0.4 is 9.64 Å². The average Bonchev–Trinajstić information content (AvgIpc) is 2.90. The second-order valence-electron chi connectivity index (χ2n) is 7.63. The van der Waals surface area contributed by atoms with E-state index in [0.29, 0.717) is 15.9 Å². The maximum Gasteiger partial charge on any atom is 0.237 e. The van der Waals surface area contributed by atoms with Crippen molar-refractivity contribution >= 4 is 38.4 Å². The number of pyridine rings is 1. The quantitative estimate of drug-likeness (QED) is 0.566. The number of ether oxygens (including phenoxy) is 1. The van der Waals surface area contributed by atoms with Gasteiger partial charge in [0.25, 0.3) is 0 Å². The lowest BCUT2D eigenvalue weighted by Crippen LogP contribution is -2.47. The van der Waals surface area contributed by atoms with Gasteiger partial charge >= 0.3 is 0 Å². The molecule has 1 saturated carbocycles. The predicted molar refractivity (Wildman–Crippen MR) is 109 cm³/mol. The number of carbonyl (C=O) groups excluding carboxylic acids is 1. The highest BCUT2D eigenvalue weighted by Crippen LogP contribution is 2.60. The minimum Gasteiger partial charge on any atom is -0.497 e. The molecule has 142 valence electrons. The predicted octanol–water partition coefficient (Wildman–Crippen LogP) is 4.94. The van der Waals surface area contributed by atoms with Gasteiger partial charge in [0.2, 0.25) is 5.91 Å². The second-order valence-corrected chi connectivity index (χ2v) is 8.48. The van der Waals surface area contributed by atoms with Crippen LogP contribution in [0.5, 0.6) is 5.75 Å². The molecule has 3 aromatic rings. The molecule has 28 heavy (non-hydrogen) atoms. The molecule has 1 aliphatic carbocycles. The topological polar surface area (TPSA) is 42.4 Å². The number of anilines is 1. The summed E-state index contributed by atoms with van der Waals surface area (Å²) >= 11 is 3.28. The van der Waals surface area contributed by atoms with Crippen molar-refractivity contribution in [1.29, 1.82) is 0 Å². The van der Waals surface area contributed by atoms with Gasteiger partial charge in [0.15, 0.2) is 0 Å². The lowest BCUT2D eigenvalue weighted by molar-refractivity contribution is -0.126. The van der Waals surface area contributed by atoms with Gasteiger partial charge in [0.05, 0.1) is 34.4 Å². The second kappa shape index (κ2) is 6.01. The molecule has 5 rings (SSSR count). The third-order valence-electron chi connectivity index (χ3n) is 6.22. The molecule has 4 nitrogen and oxygen atoms in total. The Labute approximate surface area is 170 Å². The number of hydrogen-bond donors (Lipinski definition) is 0. The zero-order valence-corrected chi connectivity index (χ0v) is 17.1. The Bertz CT molecular complexity index is 1120. The van der Waals surface area contributed by atoms with Gasteiger partial charge in [-0.05, 0) is 58.5 Å². The molecule has 0 N–H and O–H groups in total. The van der Waals surface area contributed by atoms with Crippen LogP contribution in [0.3, 0.4) is 0 Å². The molecule has 2 aromatic carbocycles. The van der Waals surface area contributed by atoms with Crippen molar-refractivity contribution in [2.45, 2.75) is 24.2 Å². The monoisotopic (exact) mass is 440 g/mol. The number of halogens is 2. The van der Waals surface area contributed by atoms with Crippen LogP contribution in [0, 0.1) is 5.82 Å². The number of likely N-dealkylation sites (N-methyl/N-ethyl adjacent to an activating group) is 1. The van der Waals surface area contributed by atoms with E-state index in [0.717, 1.165) is 35.2 Å². The Kier molecular flexibility index (Phi) is 3.78. The minimum atomic E-state index is -0.562. The fourth-order valence-electron chi connectivity index (χ4n) is 4.74. The van der Waals surface area contributed by atoms with E-state index in [1.54, 1.807) is 31.3 Å². The molecule has 0 bridgehead atoms. The number of carbonyl (C=O) groups is 1. The van der Waals surface area contributed by atoms with E-state index in [-0.39, 0.29) is 11.7 Å². The third-order valence-corrected chi connectivity index (χ3v) is 6.83. The summed E-state index contributed by atoms with van der Waals surface area (Å²) in [6.07, 6.45) is 3.17. The van der Waals surface area contributed by atoms with Crippen LogP contribution in [0.25, 0.3) is 10.9 Å². The van der Waals surface area contributed by atoms with E-state index in [4.69, 9.17) is 4.74 Å². The van der Waals surface area contributed by atoms with E-state index < -0.39 is 5.41 Å². The number of hydrogen-bond acceptors (Lipinski definition) is 3. The van der Waals surface area contributed by atoms with Crippen LogP contribution in [-0.4, -0.2) is 25.0 Å². The van der Waals surface area contributed by atoms with Crippen LogP contribution in [0.2, 0.25) is 0 Å². The van der Waals surface area contributed by atoms with Gasteiger partial charge in [-0.25, -0.2) is 4.39 Å². The molecule has 0 atom stereocenters. The van der Waals surface area contributed by atoms with Crippen molar-refractivity contribution in [1.82, 2.24) is 4.98 Å². The Morgan fingerprint density at radius 3 is 2.64 bits per heavy atom. The number of benzene rings is 2. The van der Waals surface area contributed by atoms with Crippen LogP contribution >= 0.6 is 15.9 Å². The molecule has 2 aliphatic rings. The van der Waals surface area contributed by atoms with E-state index in [2.05, 4.69) is 33.0 Å². The van der Waals surface area contributed by atoms with Crippen LogP contribution in [0.1, 0.15) is 29.9 Å². The van der Waals surface area contributed by atoms with Crippen LogP contribution in [0.4, 0.5) is 10.1 Å². The Balaban J connectivity index is 1.60. The molecule has 6 heteroatoms. The lowest BCUT2D eigenvalue weighted by atomic mass is 9.57. The molecule has 0 unspecified atom stereocenters. The van der Waals surface area contributed by atoms with Gasteiger partial charge in [-0.3, -0.25) is 9.78 Å². The molecule has 1 aromatic heterocycles. The summed E-state index contributed by atoms with van der Waals surface area (Å²) in [6.45, 7) is 0. The normalized spacial score (nSPS) is 23.2. The smallest absolute Gasteiger partial charge is 0.237 e. The summed E-state index contributed by atoms with van der Waals surface area (Å²) < 4.78 is 19.6. The third kappa shape index (κ3) is 2.27. The van der Waals surface area contributed by atoms with Gasteiger partial charge in [0, 0.05) is 24.1 Å². The zero-order chi connectivity index (χ0) is 19.6. The van der Waals surface area contributed by atoms with Crippen molar-refractivity contribution in [3.8, 4) is 5.75 Å². The summed E-state index contributed by atoms with van der Waals surface area (Å²) in [5, 5.41) is 0.844. The SMILES string of the molecule is COc1ccc(C2CC3(C2)C(=O)N(C)c2cnc4cc(F)c(Br)cc4c23)cc1. The summed E-state index contributed by atoms with van der Waals surface area (Å²) in [6, 6.07) is 11.2. The molecule has 1 spiro atoms. The maximum absolute atomic E-state index is 14.0. The van der Waals surface area contributed by atoms with E-state index in [9.17, 15) is 9.18 Å². The van der Waals surface area contributed by atoms with Crippen molar-refractivity contribution < 1.29 is 13.9 Å². The molecule has 0 saturated heterocycles. The zero-order valence-electron chi connectivity index (χ0n) is 15.5. The molecular weight excluding hydrogens is 423 g/mol. The highest BCUT2D eigenvalue weighted by Gasteiger charge is 2.58. The van der Waals surface area contributed by atoms with Gasteiger partial charge < -0.3 is 9.64 Å². The highest BCUT2D eigenvalue weighted by atomic mass is 79.9. The van der Waals surface area contributed by atoms with Crippen LogP contribution in [-0.2, 0) is 10.2 Å². The molecule has 2 heterocycles. The summed E-state index contributed by atoms with van der Waals surface area (Å²) in [5.74, 6) is 0.878. The summed E-state index contributed by atoms with van der Waals surface area (Å²) in [7, 11) is 3.44. The number of methoxy groups -OCH3 is 1. The van der Waals surface area contributed by atoms with Crippen molar-refractivity contribution in [3.63, 3.8) is 0 Å². The Hall–Kier alpha value is -2.47. The molecule has 1 fully saturated rings. The fraction of sp³-hybridized carbons (Fsp3) is 0.273. The molecule has 1 amide bonds. The van der Waals surface area contributed by atoms with Gasteiger partial charge in [-0.15, -0.1) is 0 Å². The minimum absolute atomic E-state index is 0.0991. The number of rotatable bonds is 2. The first-order valence-electron chi connectivity index (χ1n) is 9.15. The highest BCUT2D eigenvalue weighted by molar-refractivity contribution is 9.10. The van der Waals surface area contributed by atoms with E-state index in [1.165, 1.54) is 11.6 Å². The number of aromatic nitrogens is 1. The lowest BCUT2D eigenvalue weighted by Gasteiger charge is -2.44. The maximum atomic E-state index is 14.0. The number of fused-ring (bicyclic) bond motifs is 4. The van der Waals surface area contributed by atoms with E-state index >= 15 is 0 Å². The van der Waals surface area contributed by atoms with Crippen LogP contribution in [0.15, 0.2) is 47.1 Å². The van der Waals surface area contributed by atoms with Gasteiger partial charge in [-0.2, -0.15) is 0 Å². The largest absolute Gasteiger partial charge is 0.497 e.